The fourth-order valence-electron chi connectivity index (χ4n) is 2.52. The molecule has 1 N–H and O–H groups in total. The van der Waals surface area contributed by atoms with E-state index in [2.05, 4.69) is 31.1 Å². The van der Waals surface area contributed by atoms with E-state index in [0.29, 0.717) is 0 Å². The van der Waals surface area contributed by atoms with Crippen LogP contribution in [0.15, 0.2) is 0 Å². The maximum Gasteiger partial charge on any atom is 0.00787 e. The summed E-state index contributed by atoms with van der Waals surface area (Å²) in [6, 6.07) is 0. The van der Waals surface area contributed by atoms with Gasteiger partial charge in [0.25, 0.3) is 0 Å². The van der Waals surface area contributed by atoms with Crippen molar-refractivity contribution in [3.63, 3.8) is 0 Å². The van der Waals surface area contributed by atoms with E-state index in [1.165, 1.54) is 25.1 Å². The van der Waals surface area contributed by atoms with Crippen LogP contribution in [0.2, 0.25) is 0 Å². The van der Waals surface area contributed by atoms with Crippen molar-refractivity contribution in [2.45, 2.75) is 25.0 Å². The summed E-state index contributed by atoms with van der Waals surface area (Å²) >= 11 is 2.17. The summed E-state index contributed by atoms with van der Waals surface area (Å²) in [5, 5.41) is 4.22. The smallest absolute Gasteiger partial charge is 0.00787 e. The Hall–Kier alpha value is 0.310. The van der Waals surface area contributed by atoms with E-state index in [-0.39, 0.29) is 0 Å². The third-order valence-corrected chi connectivity index (χ3v) is 4.88. The van der Waals surface area contributed by atoms with Gasteiger partial charge in [0.05, 0.1) is 0 Å². The van der Waals surface area contributed by atoms with Crippen LogP contribution in [-0.4, -0.2) is 24.6 Å². The lowest BCUT2D eigenvalue weighted by Gasteiger charge is -2.13. The standard InChI is InChI=1S/C9H17NS/c1-7-9(3-4-11-7)5-8(9)6-10-2/h7-8,10H,3-6H2,1-2H3. The molecule has 0 amide bonds. The summed E-state index contributed by atoms with van der Waals surface area (Å²) in [5.41, 5.74) is 0.772. The molecule has 0 bridgehead atoms. The van der Waals surface area contributed by atoms with Crippen LogP contribution in [0.1, 0.15) is 19.8 Å². The van der Waals surface area contributed by atoms with Gasteiger partial charge in [0.1, 0.15) is 0 Å². The van der Waals surface area contributed by atoms with Gasteiger partial charge in [0.15, 0.2) is 0 Å². The van der Waals surface area contributed by atoms with E-state index in [4.69, 9.17) is 0 Å². The first-order valence-corrected chi connectivity index (χ1v) is 5.60. The first-order valence-electron chi connectivity index (χ1n) is 4.56. The van der Waals surface area contributed by atoms with Crippen molar-refractivity contribution in [3.05, 3.63) is 0 Å². The van der Waals surface area contributed by atoms with Crippen LogP contribution < -0.4 is 5.32 Å². The first-order chi connectivity index (χ1) is 5.29. The van der Waals surface area contributed by atoms with E-state index < -0.39 is 0 Å². The summed E-state index contributed by atoms with van der Waals surface area (Å²) in [6.07, 6.45) is 2.97. The van der Waals surface area contributed by atoms with Crippen LogP contribution in [-0.2, 0) is 0 Å². The lowest BCUT2D eigenvalue weighted by molar-refractivity contribution is 0.449. The van der Waals surface area contributed by atoms with Gasteiger partial charge < -0.3 is 5.32 Å². The maximum atomic E-state index is 3.29. The van der Waals surface area contributed by atoms with E-state index in [1.807, 2.05) is 0 Å². The Bertz CT molecular complexity index is 160. The number of thioether (sulfide) groups is 1. The molecule has 2 rings (SSSR count). The highest BCUT2D eigenvalue weighted by atomic mass is 32.2. The topological polar surface area (TPSA) is 12.0 Å². The second-order valence-electron chi connectivity index (χ2n) is 3.95. The predicted octanol–water partition coefficient (Wildman–Crippen LogP) is 1.74. The molecule has 1 nitrogen and oxygen atoms in total. The number of hydrogen-bond donors (Lipinski definition) is 1. The molecule has 1 aliphatic carbocycles. The molecule has 1 heterocycles. The summed E-state index contributed by atoms with van der Waals surface area (Å²) in [6.45, 7) is 3.65. The fraction of sp³-hybridized carbons (Fsp3) is 1.00. The van der Waals surface area contributed by atoms with Gasteiger partial charge in [-0.15, -0.1) is 0 Å². The molecule has 0 aromatic carbocycles. The van der Waals surface area contributed by atoms with Crippen molar-refractivity contribution in [1.82, 2.24) is 5.32 Å². The number of hydrogen-bond acceptors (Lipinski definition) is 2. The molecule has 0 aromatic heterocycles. The van der Waals surface area contributed by atoms with Crippen molar-refractivity contribution in [3.8, 4) is 0 Å². The molecule has 3 unspecified atom stereocenters. The summed E-state index contributed by atoms with van der Waals surface area (Å²) in [4.78, 5) is 0. The molecule has 1 aliphatic heterocycles. The van der Waals surface area contributed by atoms with Crippen LogP contribution in [0.3, 0.4) is 0 Å². The minimum atomic E-state index is 0.772. The Balaban J connectivity index is 1.94. The highest BCUT2D eigenvalue weighted by Gasteiger charge is 2.58. The van der Waals surface area contributed by atoms with Gasteiger partial charge in [-0.2, -0.15) is 11.8 Å². The highest BCUT2D eigenvalue weighted by Crippen LogP contribution is 2.64. The van der Waals surface area contributed by atoms with Crippen molar-refractivity contribution in [2.24, 2.45) is 11.3 Å². The van der Waals surface area contributed by atoms with Crippen molar-refractivity contribution >= 4 is 11.8 Å². The van der Waals surface area contributed by atoms with Crippen molar-refractivity contribution in [2.75, 3.05) is 19.3 Å². The highest BCUT2D eigenvalue weighted by molar-refractivity contribution is 8.00. The minimum absolute atomic E-state index is 0.772. The first kappa shape index (κ1) is 7.93. The molecule has 0 radical (unpaired) electrons. The van der Waals surface area contributed by atoms with Gasteiger partial charge in [0, 0.05) is 5.25 Å². The zero-order valence-electron chi connectivity index (χ0n) is 7.39. The molecule has 0 aromatic rings. The molecule has 2 fully saturated rings. The molecule has 11 heavy (non-hydrogen) atoms. The second kappa shape index (κ2) is 2.67. The Kier molecular flexibility index (Phi) is 1.92. The maximum absolute atomic E-state index is 3.29. The average Bonchev–Trinajstić information content (AvgIpc) is 2.53. The quantitative estimate of drug-likeness (QED) is 0.679. The normalized spacial score (nSPS) is 48.5. The monoisotopic (exact) mass is 171 g/mol. The Morgan fingerprint density at radius 3 is 3.00 bits per heavy atom. The summed E-state index contributed by atoms with van der Waals surface area (Å²) in [5.74, 6) is 2.40. The predicted molar refractivity (Wildman–Crippen MR) is 51.0 cm³/mol. The molecular formula is C9H17NS. The molecule has 3 atom stereocenters. The van der Waals surface area contributed by atoms with E-state index in [0.717, 1.165) is 16.6 Å². The summed E-state index contributed by atoms with van der Waals surface area (Å²) < 4.78 is 0. The van der Waals surface area contributed by atoms with Crippen LogP contribution >= 0.6 is 11.8 Å². The Morgan fingerprint density at radius 1 is 1.64 bits per heavy atom. The van der Waals surface area contributed by atoms with E-state index >= 15 is 0 Å². The average molecular weight is 171 g/mol. The lowest BCUT2D eigenvalue weighted by Crippen LogP contribution is -2.18. The molecule has 1 saturated carbocycles. The third-order valence-electron chi connectivity index (χ3n) is 3.47. The SMILES string of the molecule is CNCC1CC12CCSC2C. The zero-order valence-corrected chi connectivity index (χ0v) is 8.21. The molecule has 1 saturated heterocycles. The van der Waals surface area contributed by atoms with Gasteiger partial charge in [-0.25, -0.2) is 0 Å². The molecule has 2 aliphatic rings. The van der Waals surface area contributed by atoms with Crippen LogP contribution in [0.25, 0.3) is 0 Å². The molecular weight excluding hydrogens is 154 g/mol. The number of nitrogens with one attached hydrogen (secondary N) is 1. The van der Waals surface area contributed by atoms with Crippen LogP contribution in [0.4, 0.5) is 0 Å². The molecule has 64 valence electrons. The zero-order chi connectivity index (χ0) is 7.90. The van der Waals surface area contributed by atoms with Crippen molar-refractivity contribution in [1.29, 1.82) is 0 Å². The minimum Gasteiger partial charge on any atom is -0.319 e. The van der Waals surface area contributed by atoms with E-state index in [1.54, 1.807) is 0 Å². The van der Waals surface area contributed by atoms with Gasteiger partial charge in [-0.1, -0.05) is 6.92 Å². The Labute approximate surface area is 73.3 Å². The molecule has 2 heteroatoms. The lowest BCUT2D eigenvalue weighted by atomic mass is 9.97. The van der Waals surface area contributed by atoms with Gasteiger partial charge in [-0.05, 0) is 43.5 Å². The van der Waals surface area contributed by atoms with Crippen molar-refractivity contribution < 1.29 is 0 Å². The third kappa shape index (κ3) is 1.11. The van der Waals surface area contributed by atoms with Crippen LogP contribution in [0.5, 0.6) is 0 Å². The van der Waals surface area contributed by atoms with Gasteiger partial charge in [0.2, 0.25) is 0 Å². The van der Waals surface area contributed by atoms with E-state index in [9.17, 15) is 0 Å². The second-order valence-corrected chi connectivity index (χ2v) is 5.40. The van der Waals surface area contributed by atoms with Gasteiger partial charge >= 0.3 is 0 Å². The van der Waals surface area contributed by atoms with Gasteiger partial charge in [-0.3, -0.25) is 0 Å². The summed E-state index contributed by atoms with van der Waals surface area (Å²) in [7, 11) is 2.07. The largest absolute Gasteiger partial charge is 0.319 e. The van der Waals surface area contributed by atoms with Crippen LogP contribution in [0, 0.1) is 11.3 Å². The Morgan fingerprint density at radius 2 is 2.45 bits per heavy atom. The fourth-order valence-corrected chi connectivity index (χ4v) is 4.11. The molecule has 1 spiro atoms. The number of rotatable bonds is 2.